The number of carbonyl (C=O) groups excluding carboxylic acids is 6. The highest BCUT2D eigenvalue weighted by atomic mass is 16.5. The first-order valence-corrected chi connectivity index (χ1v) is 25.8. The number of nitrogens with one attached hydrogen (secondary N) is 1. The fourth-order valence-corrected chi connectivity index (χ4v) is 13.1. The number of amides is 6. The van der Waals surface area contributed by atoms with Gasteiger partial charge in [-0.15, -0.1) is 10.2 Å². The summed E-state index contributed by atoms with van der Waals surface area (Å²) in [4.78, 5) is 89.7. The Hall–Kier alpha value is -7.24. The number of hydrogen-bond acceptors (Lipinski definition) is 14. The average molecular weight is 977 g/mol. The second-order valence-corrected chi connectivity index (χ2v) is 21.6. The minimum atomic E-state index is -1.01. The van der Waals surface area contributed by atoms with Gasteiger partial charge in [-0.3, -0.25) is 39.0 Å². The molecule has 12 rings (SSSR count). The van der Waals surface area contributed by atoms with Crippen LogP contribution in [0.5, 0.6) is 11.5 Å². The van der Waals surface area contributed by atoms with Crippen molar-refractivity contribution >= 4 is 58.3 Å². The molecule has 1 aromatic heterocycles. The van der Waals surface area contributed by atoms with Crippen LogP contribution in [0, 0.1) is 17.3 Å². The first-order chi connectivity index (χ1) is 34.9. The number of phenolic OH excluding ortho intramolecular Hbond substituents is 1. The number of nitrogens with two attached hydrogens (primary N) is 1. The summed E-state index contributed by atoms with van der Waals surface area (Å²) in [7, 11) is 0. The Bertz CT molecular complexity index is 2850. The molecule has 7 fully saturated rings. The minimum Gasteiger partial charge on any atom is -0.507 e. The van der Waals surface area contributed by atoms with Gasteiger partial charge in [0.25, 0.3) is 11.8 Å². The standard InChI is InChI=1S/C54H60N10O8/c55-49-45(25-43(57-58-49)41-6-1-2-7-46(41)65)60-26-36-10-11-37(27-60)63(36)35-4-3-5-39(23-35)72-38-13-8-32(9-14-38)22-48(67)61-28-54(29-61)30-62(31-54)51(69)33-18-20-59(21-19-33)34-12-15-40-42(24-34)53(71)64(52(40)70)44-16-17-47(66)56-50(44)68/h1-7,12,15,23-25,32-33,36-38,44,65H,8-11,13-14,16-22,26-31H2,(H2,55,58)(H,56,66,68). The molecule has 8 heterocycles. The molecule has 4 aromatic rings. The fourth-order valence-electron chi connectivity index (χ4n) is 13.1. The first-order valence-electron chi connectivity index (χ1n) is 25.8. The summed E-state index contributed by atoms with van der Waals surface area (Å²) < 4.78 is 6.62. The van der Waals surface area contributed by atoms with Gasteiger partial charge in [0.05, 0.1) is 28.6 Å². The summed E-state index contributed by atoms with van der Waals surface area (Å²) in [6, 6.07) is 22.3. The number of rotatable bonds is 10. The maximum Gasteiger partial charge on any atom is 0.262 e. The van der Waals surface area contributed by atoms with Gasteiger partial charge in [-0.2, -0.15) is 0 Å². The number of aromatic hydroxyl groups is 1. The number of piperazine rings is 1. The normalized spacial score (nSPS) is 25.9. The lowest BCUT2D eigenvalue weighted by Gasteiger charge is -2.60. The Morgan fingerprint density at radius 3 is 2.18 bits per heavy atom. The monoisotopic (exact) mass is 976 g/mol. The maximum atomic E-state index is 13.6. The molecule has 3 unspecified atom stereocenters. The first kappa shape index (κ1) is 45.9. The molecule has 6 amide bonds. The van der Waals surface area contributed by atoms with E-state index in [0.717, 1.165) is 73.6 Å². The molecule has 3 atom stereocenters. The highest BCUT2D eigenvalue weighted by Gasteiger charge is 2.55. The quantitative estimate of drug-likeness (QED) is 0.185. The molecular weight excluding hydrogens is 917 g/mol. The Labute approximate surface area is 417 Å². The number of nitrogen functional groups attached to an aromatic ring is 1. The van der Waals surface area contributed by atoms with Crippen LogP contribution in [0.1, 0.15) is 91.3 Å². The molecule has 18 heteroatoms. The van der Waals surface area contributed by atoms with Crippen LogP contribution in [0.25, 0.3) is 11.3 Å². The van der Waals surface area contributed by atoms with E-state index in [9.17, 15) is 33.9 Å². The van der Waals surface area contributed by atoms with E-state index in [1.807, 2.05) is 40.1 Å². The van der Waals surface area contributed by atoms with Crippen LogP contribution in [0.2, 0.25) is 0 Å². The van der Waals surface area contributed by atoms with E-state index in [0.29, 0.717) is 93.6 Å². The second kappa shape index (κ2) is 18.1. The van der Waals surface area contributed by atoms with Crippen LogP contribution in [-0.4, -0.2) is 142 Å². The molecule has 6 saturated heterocycles. The number of nitrogens with zero attached hydrogens (tertiary/aromatic N) is 8. The highest BCUT2D eigenvalue weighted by Crippen LogP contribution is 2.44. The number of phenols is 1. The SMILES string of the molecule is Nc1nnc(-c2ccccc2O)cc1N1CC2CCC(C1)N2c1cccc(OC2CCC(CC(=O)N3CC4(C3)CN(C(=O)C3CCN(c5ccc6c(c5)C(=O)N(C5CCC(=O)NC5=O)C6=O)CC3)C4)CC2)c1. The molecule has 0 radical (unpaired) electrons. The van der Waals surface area contributed by atoms with Crippen LogP contribution >= 0.6 is 0 Å². The van der Waals surface area contributed by atoms with Gasteiger partial charge in [-0.25, -0.2) is 0 Å². The third kappa shape index (κ3) is 8.31. The van der Waals surface area contributed by atoms with Crippen molar-refractivity contribution in [2.75, 3.05) is 72.8 Å². The van der Waals surface area contributed by atoms with Crippen molar-refractivity contribution in [2.24, 2.45) is 17.3 Å². The number of likely N-dealkylation sites (tertiary alicyclic amines) is 2. The van der Waals surface area contributed by atoms with Gasteiger partial charge < -0.3 is 40.1 Å². The van der Waals surface area contributed by atoms with Crippen molar-refractivity contribution in [3.8, 4) is 22.8 Å². The third-order valence-electron chi connectivity index (χ3n) is 16.9. The molecule has 1 saturated carbocycles. The topological polar surface area (TPSA) is 215 Å². The minimum absolute atomic E-state index is 0.00140. The van der Waals surface area contributed by atoms with Gasteiger partial charge >= 0.3 is 0 Å². The lowest BCUT2D eigenvalue weighted by Crippen LogP contribution is -2.74. The molecule has 2 bridgehead atoms. The Morgan fingerprint density at radius 2 is 1.44 bits per heavy atom. The van der Waals surface area contributed by atoms with Crippen molar-refractivity contribution < 1.29 is 38.6 Å². The highest BCUT2D eigenvalue weighted by molar-refractivity contribution is 6.23. The molecule has 1 aliphatic carbocycles. The maximum absolute atomic E-state index is 13.6. The van der Waals surface area contributed by atoms with Gasteiger partial charge in [0.1, 0.15) is 17.5 Å². The van der Waals surface area contributed by atoms with Crippen molar-refractivity contribution in [3.05, 3.63) is 83.9 Å². The Kier molecular flexibility index (Phi) is 11.5. The number of benzene rings is 3. The van der Waals surface area contributed by atoms with Crippen LogP contribution in [0.3, 0.4) is 0 Å². The van der Waals surface area contributed by atoms with E-state index in [2.05, 4.69) is 48.4 Å². The molecular formula is C54H60N10O8. The molecule has 3 aromatic carbocycles. The third-order valence-corrected chi connectivity index (χ3v) is 16.9. The lowest BCUT2D eigenvalue weighted by atomic mass is 9.71. The predicted octanol–water partition coefficient (Wildman–Crippen LogP) is 4.61. The van der Waals surface area contributed by atoms with E-state index in [-0.39, 0.29) is 59.0 Å². The van der Waals surface area contributed by atoms with Gasteiger partial charge in [0.2, 0.25) is 23.6 Å². The van der Waals surface area contributed by atoms with E-state index < -0.39 is 29.7 Å². The molecule has 8 aliphatic rings. The van der Waals surface area contributed by atoms with Crippen molar-refractivity contribution in [2.45, 2.75) is 94.9 Å². The predicted molar refractivity (Wildman–Crippen MR) is 266 cm³/mol. The second-order valence-electron chi connectivity index (χ2n) is 21.6. The zero-order chi connectivity index (χ0) is 49.4. The van der Waals surface area contributed by atoms with E-state index >= 15 is 0 Å². The van der Waals surface area contributed by atoms with E-state index in [4.69, 9.17) is 10.5 Å². The fraction of sp³-hybridized carbons (Fsp3) is 0.481. The number of carbonyl (C=O) groups is 6. The zero-order valence-corrected chi connectivity index (χ0v) is 40.3. The number of aromatic nitrogens is 2. The number of hydrogen-bond donors (Lipinski definition) is 3. The molecule has 7 aliphatic heterocycles. The number of fused-ring (bicyclic) bond motifs is 3. The van der Waals surface area contributed by atoms with Crippen molar-refractivity contribution in [1.29, 1.82) is 0 Å². The van der Waals surface area contributed by atoms with Gasteiger partial charge in [-0.05, 0) is 112 Å². The number of para-hydroxylation sites is 1. The largest absolute Gasteiger partial charge is 0.507 e. The number of ether oxygens (including phenoxy) is 1. The van der Waals surface area contributed by atoms with Gasteiger partial charge in [0.15, 0.2) is 5.82 Å². The Balaban J connectivity index is 0.568. The van der Waals surface area contributed by atoms with Gasteiger partial charge in [0, 0.05) is 112 Å². The molecule has 374 valence electrons. The van der Waals surface area contributed by atoms with Gasteiger partial charge in [-0.1, -0.05) is 18.2 Å². The molecule has 18 nitrogen and oxygen atoms in total. The number of piperidine rings is 2. The number of imide groups is 2. The summed E-state index contributed by atoms with van der Waals surface area (Å²) in [5.41, 5.74) is 10.9. The lowest BCUT2D eigenvalue weighted by molar-refractivity contribution is -0.171. The number of anilines is 4. The average Bonchev–Trinajstić information content (AvgIpc) is 3.77. The molecule has 1 spiro atoms. The summed E-state index contributed by atoms with van der Waals surface area (Å²) >= 11 is 0. The summed E-state index contributed by atoms with van der Waals surface area (Å²) in [5, 5.41) is 21.2. The van der Waals surface area contributed by atoms with Crippen LogP contribution < -0.4 is 30.5 Å². The van der Waals surface area contributed by atoms with E-state index in [1.165, 1.54) is 5.69 Å². The molecule has 4 N–H and O–H groups in total. The van der Waals surface area contributed by atoms with Crippen LogP contribution in [0.15, 0.2) is 72.8 Å². The Morgan fingerprint density at radius 1 is 0.722 bits per heavy atom. The summed E-state index contributed by atoms with van der Waals surface area (Å²) in [5.74, 6) is -0.0615. The summed E-state index contributed by atoms with van der Waals surface area (Å²) in [6.07, 6.45) is 8.06. The van der Waals surface area contributed by atoms with Crippen molar-refractivity contribution in [3.63, 3.8) is 0 Å². The summed E-state index contributed by atoms with van der Waals surface area (Å²) in [6.45, 7) is 5.64. The smallest absolute Gasteiger partial charge is 0.262 e. The van der Waals surface area contributed by atoms with Crippen LogP contribution in [0.4, 0.5) is 22.9 Å². The zero-order valence-electron chi connectivity index (χ0n) is 40.3. The molecule has 72 heavy (non-hydrogen) atoms. The van der Waals surface area contributed by atoms with Crippen LogP contribution in [-0.2, 0) is 19.2 Å². The van der Waals surface area contributed by atoms with Crippen molar-refractivity contribution in [1.82, 2.24) is 30.2 Å². The van der Waals surface area contributed by atoms with E-state index in [1.54, 1.807) is 24.3 Å².